The first-order chi connectivity index (χ1) is 14.2. The van der Waals surface area contributed by atoms with Crippen molar-refractivity contribution in [2.45, 2.75) is 45.3 Å². The lowest BCUT2D eigenvalue weighted by molar-refractivity contribution is 0.0941. The first kappa shape index (κ1) is 21.3. The molecule has 1 saturated heterocycles. The number of pyridine rings is 1. The number of benzene rings is 1. The Morgan fingerprint density at radius 2 is 2.00 bits per heavy atom. The molecule has 1 amide bonds. The number of hydrogen-bond donors (Lipinski definition) is 1. The van der Waals surface area contributed by atoms with Crippen molar-refractivity contribution in [3.8, 4) is 5.88 Å². The maximum absolute atomic E-state index is 12.8. The molecule has 1 atom stereocenters. The molecular formula is C23H31N3O3. The van der Waals surface area contributed by atoms with E-state index in [9.17, 15) is 4.79 Å². The Morgan fingerprint density at radius 3 is 2.79 bits per heavy atom. The summed E-state index contributed by atoms with van der Waals surface area (Å²) in [7, 11) is 1.61. The molecule has 0 saturated carbocycles. The van der Waals surface area contributed by atoms with Crippen molar-refractivity contribution in [1.29, 1.82) is 0 Å². The van der Waals surface area contributed by atoms with Crippen LogP contribution in [0.15, 0.2) is 42.6 Å². The van der Waals surface area contributed by atoms with Gasteiger partial charge in [-0.3, -0.25) is 9.69 Å². The highest BCUT2D eigenvalue weighted by atomic mass is 16.5. The molecule has 3 rings (SSSR count). The monoisotopic (exact) mass is 397 g/mol. The fraction of sp³-hybridized carbons (Fsp3) is 0.478. The largest absolute Gasteiger partial charge is 0.475 e. The molecule has 1 aliphatic heterocycles. The van der Waals surface area contributed by atoms with E-state index in [1.807, 2.05) is 6.07 Å². The Bertz CT molecular complexity index is 796. The third-order valence-electron chi connectivity index (χ3n) is 5.41. The second-order valence-electron chi connectivity index (χ2n) is 7.46. The number of amides is 1. The molecule has 0 bridgehead atoms. The molecule has 1 unspecified atom stereocenters. The Morgan fingerprint density at radius 1 is 1.17 bits per heavy atom. The summed E-state index contributed by atoms with van der Waals surface area (Å²) >= 11 is 0. The van der Waals surface area contributed by atoms with E-state index in [4.69, 9.17) is 9.47 Å². The summed E-state index contributed by atoms with van der Waals surface area (Å²) in [6, 6.07) is 12.4. The molecule has 1 aromatic heterocycles. The van der Waals surface area contributed by atoms with E-state index in [0.717, 1.165) is 18.7 Å². The lowest BCUT2D eigenvalue weighted by Crippen LogP contribution is -2.37. The van der Waals surface area contributed by atoms with E-state index < -0.39 is 0 Å². The van der Waals surface area contributed by atoms with Crippen LogP contribution in [0.2, 0.25) is 0 Å². The van der Waals surface area contributed by atoms with Crippen molar-refractivity contribution in [2.24, 2.45) is 0 Å². The van der Waals surface area contributed by atoms with Crippen molar-refractivity contribution < 1.29 is 14.3 Å². The molecule has 1 fully saturated rings. The third kappa shape index (κ3) is 6.02. The molecule has 1 aliphatic rings. The van der Waals surface area contributed by atoms with Gasteiger partial charge in [-0.1, -0.05) is 30.7 Å². The topological polar surface area (TPSA) is 63.7 Å². The maximum atomic E-state index is 12.8. The first-order valence-corrected chi connectivity index (χ1v) is 10.3. The predicted octanol–water partition coefficient (Wildman–Crippen LogP) is 3.41. The first-order valence-electron chi connectivity index (χ1n) is 10.3. The minimum atomic E-state index is -0.188. The molecular weight excluding hydrogens is 366 g/mol. The summed E-state index contributed by atoms with van der Waals surface area (Å²) in [5.41, 5.74) is 2.85. The van der Waals surface area contributed by atoms with Crippen LogP contribution >= 0.6 is 0 Å². The number of nitrogens with zero attached hydrogens (tertiary/aromatic N) is 2. The second kappa shape index (κ2) is 10.9. The smallest absolute Gasteiger partial charge is 0.257 e. The molecule has 1 aromatic carbocycles. The second-order valence-corrected chi connectivity index (χ2v) is 7.46. The summed E-state index contributed by atoms with van der Waals surface area (Å²) in [4.78, 5) is 19.5. The lowest BCUT2D eigenvalue weighted by Gasteiger charge is -2.33. The molecule has 0 radical (unpaired) electrons. The van der Waals surface area contributed by atoms with Gasteiger partial charge in [-0.2, -0.15) is 0 Å². The van der Waals surface area contributed by atoms with Crippen LogP contribution in [0.3, 0.4) is 0 Å². The molecule has 29 heavy (non-hydrogen) atoms. The van der Waals surface area contributed by atoms with Crippen LogP contribution in [0.25, 0.3) is 0 Å². The fourth-order valence-electron chi connectivity index (χ4n) is 3.67. The zero-order valence-corrected chi connectivity index (χ0v) is 17.4. The predicted molar refractivity (Wildman–Crippen MR) is 113 cm³/mol. The number of aromatic nitrogens is 1. The van der Waals surface area contributed by atoms with Gasteiger partial charge in [-0.05, 0) is 49.6 Å². The van der Waals surface area contributed by atoms with Crippen molar-refractivity contribution >= 4 is 5.91 Å². The Kier molecular flexibility index (Phi) is 8.02. The van der Waals surface area contributed by atoms with Crippen molar-refractivity contribution in [2.75, 3.05) is 26.9 Å². The van der Waals surface area contributed by atoms with Crippen LogP contribution in [0.1, 0.15) is 47.7 Å². The summed E-state index contributed by atoms with van der Waals surface area (Å²) in [6.45, 7) is 5.64. The maximum Gasteiger partial charge on any atom is 0.257 e. The molecule has 0 spiro atoms. The third-order valence-corrected chi connectivity index (χ3v) is 5.41. The van der Waals surface area contributed by atoms with E-state index in [1.165, 1.54) is 24.8 Å². The number of piperidine rings is 1. The van der Waals surface area contributed by atoms with Crippen LogP contribution in [-0.4, -0.2) is 48.7 Å². The van der Waals surface area contributed by atoms with E-state index in [-0.39, 0.29) is 5.91 Å². The van der Waals surface area contributed by atoms with Crippen LogP contribution in [-0.2, 0) is 17.8 Å². The van der Waals surface area contributed by atoms with Gasteiger partial charge >= 0.3 is 0 Å². The van der Waals surface area contributed by atoms with Crippen molar-refractivity contribution in [3.63, 3.8) is 0 Å². The van der Waals surface area contributed by atoms with Crippen molar-refractivity contribution in [3.05, 3.63) is 59.3 Å². The van der Waals surface area contributed by atoms with E-state index in [0.29, 0.717) is 37.2 Å². The van der Waals surface area contributed by atoms with E-state index in [1.54, 1.807) is 25.4 Å². The number of likely N-dealkylation sites (tertiary alicyclic amines) is 1. The van der Waals surface area contributed by atoms with Gasteiger partial charge < -0.3 is 14.8 Å². The van der Waals surface area contributed by atoms with Crippen LogP contribution < -0.4 is 10.1 Å². The standard InChI is InChI=1S/C23H31N3O3/c1-18-8-5-6-13-26(18)17-20-10-4-3-9-19(20)16-25-22(27)21-11-7-12-24-23(21)29-15-14-28-2/h3-4,7,9-12,18H,5-6,8,13-17H2,1-2H3,(H,25,27). The number of methoxy groups -OCH3 is 1. The van der Waals surface area contributed by atoms with Gasteiger partial charge in [0.05, 0.1) is 6.61 Å². The molecule has 6 heteroatoms. The molecule has 6 nitrogen and oxygen atoms in total. The summed E-state index contributed by atoms with van der Waals surface area (Å²) < 4.78 is 10.6. The summed E-state index contributed by atoms with van der Waals surface area (Å²) in [5, 5.41) is 3.03. The van der Waals surface area contributed by atoms with Gasteiger partial charge in [0.2, 0.25) is 5.88 Å². The van der Waals surface area contributed by atoms with Gasteiger partial charge in [-0.15, -0.1) is 0 Å². The van der Waals surface area contributed by atoms with Crippen LogP contribution in [0, 0.1) is 0 Å². The highest BCUT2D eigenvalue weighted by Gasteiger charge is 2.19. The van der Waals surface area contributed by atoms with E-state index >= 15 is 0 Å². The number of carbonyl (C=O) groups excluding carboxylic acids is 1. The van der Waals surface area contributed by atoms with E-state index in [2.05, 4.69) is 40.3 Å². The number of rotatable bonds is 9. The number of ether oxygens (including phenoxy) is 2. The quantitative estimate of drug-likeness (QED) is 0.657. The minimum Gasteiger partial charge on any atom is -0.475 e. The Balaban J connectivity index is 1.64. The number of nitrogens with one attached hydrogen (secondary N) is 1. The molecule has 2 heterocycles. The lowest BCUT2D eigenvalue weighted by atomic mass is 10.0. The highest BCUT2D eigenvalue weighted by Crippen LogP contribution is 2.21. The Labute approximate surface area is 173 Å². The average molecular weight is 398 g/mol. The highest BCUT2D eigenvalue weighted by molar-refractivity contribution is 5.96. The SMILES string of the molecule is COCCOc1ncccc1C(=O)NCc1ccccc1CN1CCCCC1C. The molecule has 1 N–H and O–H groups in total. The van der Waals surface area contributed by atoms with Crippen molar-refractivity contribution in [1.82, 2.24) is 15.2 Å². The molecule has 156 valence electrons. The zero-order chi connectivity index (χ0) is 20.5. The normalized spacial score (nSPS) is 17.1. The summed E-state index contributed by atoms with van der Waals surface area (Å²) in [6.07, 6.45) is 5.45. The van der Waals surface area contributed by atoms with Gasteiger partial charge in [0, 0.05) is 32.4 Å². The fourth-order valence-corrected chi connectivity index (χ4v) is 3.67. The average Bonchev–Trinajstić information content (AvgIpc) is 2.75. The van der Waals surface area contributed by atoms with Gasteiger partial charge in [-0.25, -0.2) is 4.98 Å². The van der Waals surface area contributed by atoms with Gasteiger partial charge in [0.15, 0.2) is 0 Å². The zero-order valence-electron chi connectivity index (χ0n) is 17.4. The van der Waals surface area contributed by atoms with Crippen LogP contribution in [0.4, 0.5) is 0 Å². The molecule has 0 aliphatic carbocycles. The van der Waals surface area contributed by atoms with Crippen LogP contribution in [0.5, 0.6) is 5.88 Å². The number of carbonyl (C=O) groups is 1. The van der Waals surface area contributed by atoms with Gasteiger partial charge in [0.25, 0.3) is 5.91 Å². The molecule has 2 aromatic rings. The minimum absolute atomic E-state index is 0.188. The Hall–Kier alpha value is -2.44. The van der Waals surface area contributed by atoms with Gasteiger partial charge in [0.1, 0.15) is 12.2 Å². The number of hydrogen-bond acceptors (Lipinski definition) is 5. The summed E-state index contributed by atoms with van der Waals surface area (Å²) in [5.74, 6) is 0.143.